The van der Waals surface area contributed by atoms with Crippen LogP contribution in [0.25, 0.3) is 0 Å². The van der Waals surface area contributed by atoms with Crippen molar-refractivity contribution in [1.29, 1.82) is 0 Å². The van der Waals surface area contributed by atoms with Crippen molar-refractivity contribution < 1.29 is 9.59 Å². The number of ketones is 1. The Morgan fingerprint density at radius 3 is 2.62 bits per heavy atom. The van der Waals surface area contributed by atoms with Gasteiger partial charge in [-0.2, -0.15) is 0 Å². The van der Waals surface area contributed by atoms with Gasteiger partial charge in [0.25, 0.3) is 0 Å². The first-order chi connectivity index (χ1) is 11.6. The molecule has 132 valence electrons. The number of benzene rings is 1. The maximum atomic E-state index is 12.2. The van der Waals surface area contributed by atoms with Crippen molar-refractivity contribution in [3.63, 3.8) is 0 Å². The molecule has 1 heterocycles. The first-order valence-electron chi connectivity index (χ1n) is 9.23. The number of Topliss-reactive ketones (excluding diaryl/α,β-unsaturated/α-hetero) is 1. The summed E-state index contributed by atoms with van der Waals surface area (Å²) in [5, 5.41) is 6.43. The van der Waals surface area contributed by atoms with E-state index in [0.29, 0.717) is 11.6 Å². The van der Waals surface area contributed by atoms with E-state index in [2.05, 4.69) is 24.5 Å². The summed E-state index contributed by atoms with van der Waals surface area (Å²) >= 11 is 0. The molecule has 2 rings (SSSR count). The number of hydrogen-bond donors (Lipinski definition) is 2. The molecule has 2 atom stereocenters. The minimum atomic E-state index is -0.0120. The third-order valence-electron chi connectivity index (χ3n) is 4.66. The number of rotatable bonds is 8. The molecule has 1 fully saturated rings. The van der Waals surface area contributed by atoms with Crippen LogP contribution in [0.15, 0.2) is 24.3 Å². The lowest BCUT2D eigenvalue weighted by molar-refractivity contribution is -0.122. The van der Waals surface area contributed by atoms with Gasteiger partial charge in [0.1, 0.15) is 0 Å². The Morgan fingerprint density at radius 2 is 1.96 bits per heavy atom. The summed E-state index contributed by atoms with van der Waals surface area (Å²) < 4.78 is 0. The molecule has 0 saturated carbocycles. The number of nitrogens with one attached hydrogen (secondary N) is 2. The molecule has 0 radical (unpaired) electrons. The van der Waals surface area contributed by atoms with E-state index >= 15 is 0 Å². The highest BCUT2D eigenvalue weighted by atomic mass is 16.2. The van der Waals surface area contributed by atoms with E-state index in [1.807, 2.05) is 24.3 Å². The Balaban J connectivity index is 1.74. The van der Waals surface area contributed by atoms with Gasteiger partial charge < -0.3 is 10.6 Å². The van der Waals surface area contributed by atoms with E-state index in [0.717, 1.165) is 25.8 Å². The third-order valence-corrected chi connectivity index (χ3v) is 4.66. The molecule has 0 bridgehead atoms. The van der Waals surface area contributed by atoms with E-state index in [4.69, 9.17) is 0 Å². The molecule has 4 heteroatoms. The quantitative estimate of drug-likeness (QED) is 0.719. The van der Waals surface area contributed by atoms with Crippen LogP contribution >= 0.6 is 0 Å². The minimum absolute atomic E-state index is 0.0120. The standard InChI is InChI=1S/C20H30N2O2/c1-3-4-5-16-6-8-17(9-7-16)19(23)10-11-20(24)22-18-12-13-21-15(2)14-18/h6-9,15,18,21H,3-5,10-14H2,1-2H3,(H,22,24). The van der Waals surface area contributed by atoms with Crippen LogP contribution in [0.3, 0.4) is 0 Å². The van der Waals surface area contributed by atoms with Crippen molar-refractivity contribution in [3.8, 4) is 0 Å². The first-order valence-corrected chi connectivity index (χ1v) is 9.23. The van der Waals surface area contributed by atoms with E-state index in [1.54, 1.807) is 0 Å². The molecule has 1 aliphatic heterocycles. The van der Waals surface area contributed by atoms with Gasteiger partial charge in [-0.15, -0.1) is 0 Å². The van der Waals surface area contributed by atoms with Crippen LogP contribution in [-0.4, -0.2) is 30.3 Å². The van der Waals surface area contributed by atoms with E-state index < -0.39 is 0 Å². The van der Waals surface area contributed by atoms with Gasteiger partial charge in [0.05, 0.1) is 0 Å². The molecule has 1 saturated heterocycles. The summed E-state index contributed by atoms with van der Waals surface area (Å²) in [6, 6.07) is 8.51. The molecular weight excluding hydrogens is 300 g/mol. The second-order valence-electron chi connectivity index (χ2n) is 6.87. The molecule has 2 unspecified atom stereocenters. The number of carbonyl (C=O) groups is 2. The fourth-order valence-electron chi connectivity index (χ4n) is 3.17. The predicted molar refractivity (Wildman–Crippen MR) is 97.2 cm³/mol. The average Bonchev–Trinajstić information content (AvgIpc) is 2.58. The van der Waals surface area contributed by atoms with Gasteiger partial charge >= 0.3 is 0 Å². The smallest absolute Gasteiger partial charge is 0.220 e. The Morgan fingerprint density at radius 1 is 1.21 bits per heavy atom. The normalized spacial score (nSPS) is 20.6. The number of carbonyl (C=O) groups excluding carboxylic acids is 2. The summed E-state index contributed by atoms with van der Waals surface area (Å²) in [6.07, 6.45) is 5.87. The fourth-order valence-corrected chi connectivity index (χ4v) is 3.17. The lowest BCUT2D eigenvalue weighted by Gasteiger charge is -2.28. The minimum Gasteiger partial charge on any atom is -0.353 e. The van der Waals surface area contributed by atoms with Crippen LogP contribution in [0.5, 0.6) is 0 Å². The lowest BCUT2D eigenvalue weighted by Crippen LogP contribution is -2.46. The van der Waals surface area contributed by atoms with Crippen molar-refractivity contribution in [2.24, 2.45) is 0 Å². The monoisotopic (exact) mass is 330 g/mol. The molecule has 0 aromatic heterocycles. The zero-order valence-corrected chi connectivity index (χ0v) is 14.9. The molecule has 0 aliphatic carbocycles. The SMILES string of the molecule is CCCCc1ccc(C(=O)CCC(=O)NC2CCNC(C)C2)cc1. The highest BCUT2D eigenvalue weighted by Crippen LogP contribution is 2.12. The average molecular weight is 330 g/mol. The van der Waals surface area contributed by atoms with E-state index in [1.165, 1.54) is 18.4 Å². The van der Waals surface area contributed by atoms with Crippen molar-refractivity contribution >= 4 is 11.7 Å². The Labute approximate surface area is 145 Å². The number of aryl methyl sites for hydroxylation is 1. The number of piperidine rings is 1. The summed E-state index contributed by atoms with van der Waals surface area (Å²) in [4.78, 5) is 24.3. The van der Waals surface area contributed by atoms with Crippen LogP contribution in [0.1, 0.15) is 68.3 Å². The molecule has 1 aromatic carbocycles. The van der Waals surface area contributed by atoms with Gasteiger partial charge in [-0.05, 0) is 44.7 Å². The van der Waals surface area contributed by atoms with E-state index in [9.17, 15) is 9.59 Å². The van der Waals surface area contributed by atoms with Gasteiger partial charge in [0, 0.05) is 30.5 Å². The second-order valence-corrected chi connectivity index (χ2v) is 6.87. The first kappa shape index (κ1) is 18.7. The van der Waals surface area contributed by atoms with Crippen LogP contribution < -0.4 is 10.6 Å². The van der Waals surface area contributed by atoms with Crippen molar-refractivity contribution in [1.82, 2.24) is 10.6 Å². The lowest BCUT2D eigenvalue weighted by atomic mass is 10.00. The largest absolute Gasteiger partial charge is 0.353 e. The number of unbranched alkanes of at least 4 members (excludes halogenated alkanes) is 1. The summed E-state index contributed by atoms with van der Waals surface area (Å²) in [7, 11) is 0. The molecule has 4 nitrogen and oxygen atoms in total. The van der Waals surface area contributed by atoms with Crippen molar-refractivity contribution in [3.05, 3.63) is 35.4 Å². The number of hydrogen-bond acceptors (Lipinski definition) is 3. The van der Waals surface area contributed by atoms with Gasteiger partial charge in [-0.3, -0.25) is 9.59 Å². The van der Waals surface area contributed by atoms with Gasteiger partial charge in [-0.25, -0.2) is 0 Å². The topological polar surface area (TPSA) is 58.2 Å². The zero-order chi connectivity index (χ0) is 17.4. The van der Waals surface area contributed by atoms with Crippen molar-refractivity contribution in [2.75, 3.05) is 6.54 Å². The maximum absolute atomic E-state index is 12.2. The van der Waals surface area contributed by atoms with Gasteiger partial charge in [0.15, 0.2) is 5.78 Å². The van der Waals surface area contributed by atoms with Crippen LogP contribution in [0, 0.1) is 0 Å². The maximum Gasteiger partial charge on any atom is 0.220 e. The van der Waals surface area contributed by atoms with Crippen LogP contribution in [-0.2, 0) is 11.2 Å². The zero-order valence-electron chi connectivity index (χ0n) is 14.9. The second kappa shape index (κ2) is 9.58. The highest BCUT2D eigenvalue weighted by molar-refractivity contribution is 5.98. The van der Waals surface area contributed by atoms with Crippen LogP contribution in [0.4, 0.5) is 0 Å². The predicted octanol–water partition coefficient (Wildman–Crippen LogP) is 3.25. The molecule has 1 aliphatic rings. The summed E-state index contributed by atoms with van der Waals surface area (Å²) in [5.41, 5.74) is 1.98. The summed E-state index contributed by atoms with van der Waals surface area (Å²) in [5.74, 6) is 0.0351. The van der Waals surface area contributed by atoms with Crippen LogP contribution in [0.2, 0.25) is 0 Å². The van der Waals surface area contributed by atoms with Gasteiger partial charge in [-0.1, -0.05) is 37.6 Å². The molecule has 24 heavy (non-hydrogen) atoms. The Bertz CT molecular complexity index is 539. The fraction of sp³-hybridized carbons (Fsp3) is 0.600. The third kappa shape index (κ3) is 6.08. The Kier molecular flexibility index (Phi) is 7.44. The highest BCUT2D eigenvalue weighted by Gasteiger charge is 2.20. The molecule has 0 spiro atoms. The Hall–Kier alpha value is -1.68. The molecule has 1 amide bonds. The molecular formula is C20H30N2O2. The van der Waals surface area contributed by atoms with Crippen molar-refractivity contribution in [2.45, 2.75) is 70.9 Å². The molecule has 2 N–H and O–H groups in total. The molecule has 1 aromatic rings. The number of amides is 1. The summed E-state index contributed by atoms with van der Waals surface area (Å²) in [6.45, 7) is 5.24. The van der Waals surface area contributed by atoms with Gasteiger partial charge in [0.2, 0.25) is 5.91 Å². The van der Waals surface area contributed by atoms with E-state index in [-0.39, 0.29) is 30.6 Å².